The average Bonchev–Trinajstić information content (AvgIpc) is 2.25. The summed E-state index contributed by atoms with van der Waals surface area (Å²) in [6.07, 6.45) is 4.02. The van der Waals surface area contributed by atoms with E-state index >= 15 is 0 Å². The third-order valence-electron chi connectivity index (χ3n) is 2.99. The number of piperidine rings is 1. The number of halogens is 1. The molecule has 1 aliphatic rings. The molecule has 0 spiro atoms. The number of hydrogen-bond donors (Lipinski definition) is 1. The molecule has 1 aliphatic heterocycles. The van der Waals surface area contributed by atoms with E-state index in [9.17, 15) is 0 Å². The van der Waals surface area contributed by atoms with Crippen molar-refractivity contribution < 1.29 is 0 Å². The highest BCUT2D eigenvalue weighted by Crippen LogP contribution is 2.25. The van der Waals surface area contributed by atoms with Crippen LogP contribution < -0.4 is 5.73 Å². The van der Waals surface area contributed by atoms with Crippen molar-refractivity contribution in [3.63, 3.8) is 0 Å². The van der Waals surface area contributed by atoms with Crippen molar-refractivity contribution in [1.29, 1.82) is 0 Å². The van der Waals surface area contributed by atoms with E-state index in [0.717, 1.165) is 16.7 Å². The molecule has 2 N–H and O–H groups in total. The Morgan fingerprint density at radius 1 is 1.20 bits per heavy atom. The summed E-state index contributed by atoms with van der Waals surface area (Å²) in [5, 5.41) is 0. The Balaban J connectivity index is 2.09. The van der Waals surface area contributed by atoms with Crippen LogP contribution in [0, 0.1) is 0 Å². The molecule has 0 radical (unpaired) electrons. The maximum Gasteiger partial charge on any atom is 0.0371 e. The molecule has 2 rings (SSSR count). The number of rotatable bonds is 2. The molecule has 1 aromatic carbocycles. The minimum absolute atomic E-state index is 0.898. The minimum atomic E-state index is 0.898. The van der Waals surface area contributed by atoms with Crippen molar-refractivity contribution in [2.24, 2.45) is 0 Å². The number of likely N-dealkylation sites (tertiary alicyclic amines) is 1. The SMILES string of the molecule is Nc1cccc(Br)c1CN1CCCCC1. The Hall–Kier alpha value is -0.540. The lowest BCUT2D eigenvalue weighted by atomic mass is 10.1. The molecule has 0 aliphatic carbocycles. The van der Waals surface area contributed by atoms with Gasteiger partial charge in [-0.2, -0.15) is 0 Å². The summed E-state index contributed by atoms with van der Waals surface area (Å²) >= 11 is 3.57. The van der Waals surface area contributed by atoms with E-state index in [2.05, 4.69) is 26.9 Å². The van der Waals surface area contributed by atoms with Crippen LogP contribution in [0.3, 0.4) is 0 Å². The standard InChI is InChI=1S/C12H17BrN2/c13-11-5-4-6-12(14)10(11)9-15-7-2-1-3-8-15/h4-6H,1-3,7-9,14H2. The summed E-state index contributed by atoms with van der Waals surface area (Å²) in [7, 11) is 0. The molecule has 0 amide bonds. The lowest BCUT2D eigenvalue weighted by Crippen LogP contribution is -2.29. The van der Waals surface area contributed by atoms with Gasteiger partial charge in [0, 0.05) is 22.3 Å². The third kappa shape index (κ3) is 2.73. The van der Waals surface area contributed by atoms with E-state index < -0.39 is 0 Å². The summed E-state index contributed by atoms with van der Waals surface area (Å²) in [5.41, 5.74) is 8.12. The maximum absolute atomic E-state index is 5.98. The van der Waals surface area contributed by atoms with Crippen LogP contribution in [0.15, 0.2) is 22.7 Å². The second kappa shape index (κ2) is 4.99. The molecule has 1 aromatic rings. The topological polar surface area (TPSA) is 29.3 Å². The van der Waals surface area contributed by atoms with E-state index in [-0.39, 0.29) is 0 Å². The highest BCUT2D eigenvalue weighted by molar-refractivity contribution is 9.10. The summed E-state index contributed by atoms with van der Waals surface area (Å²) in [6.45, 7) is 3.40. The first-order chi connectivity index (χ1) is 7.27. The predicted octanol–water partition coefficient (Wildman–Crippen LogP) is 3.02. The highest BCUT2D eigenvalue weighted by atomic mass is 79.9. The molecular formula is C12H17BrN2. The van der Waals surface area contributed by atoms with Crippen LogP contribution in [-0.4, -0.2) is 18.0 Å². The van der Waals surface area contributed by atoms with E-state index in [1.165, 1.54) is 37.9 Å². The minimum Gasteiger partial charge on any atom is -0.398 e. The normalized spacial score (nSPS) is 17.9. The van der Waals surface area contributed by atoms with Crippen LogP contribution in [0.4, 0.5) is 5.69 Å². The first-order valence-electron chi connectivity index (χ1n) is 5.52. The van der Waals surface area contributed by atoms with E-state index in [0.29, 0.717) is 0 Å². The van der Waals surface area contributed by atoms with Crippen molar-refractivity contribution >= 4 is 21.6 Å². The molecule has 0 saturated carbocycles. The third-order valence-corrected chi connectivity index (χ3v) is 3.73. The zero-order valence-electron chi connectivity index (χ0n) is 8.88. The summed E-state index contributed by atoms with van der Waals surface area (Å²) in [4.78, 5) is 2.49. The first-order valence-corrected chi connectivity index (χ1v) is 6.32. The van der Waals surface area contributed by atoms with Gasteiger partial charge in [-0.05, 0) is 38.1 Å². The lowest BCUT2D eigenvalue weighted by molar-refractivity contribution is 0.221. The number of nitrogen functional groups attached to an aromatic ring is 1. The summed E-state index contributed by atoms with van der Waals surface area (Å²) in [6, 6.07) is 6.03. The Bertz CT molecular complexity index is 312. The molecule has 1 saturated heterocycles. The van der Waals surface area contributed by atoms with Gasteiger partial charge >= 0.3 is 0 Å². The van der Waals surface area contributed by atoms with E-state index in [1.54, 1.807) is 0 Å². The molecule has 1 fully saturated rings. The fourth-order valence-electron chi connectivity index (χ4n) is 2.08. The number of benzene rings is 1. The lowest BCUT2D eigenvalue weighted by Gasteiger charge is -2.27. The summed E-state index contributed by atoms with van der Waals surface area (Å²) in [5.74, 6) is 0. The number of anilines is 1. The van der Waals surface area contributed by atoms with Gasteiger partial charge in [-0.3, -0.25) is 4.90 Å². The van der Waals surface area contributed by atoms with Crippen LogP contribution >= 0.6 is 15.9 Å². The molecule has 3 heteroatoms. The molecule has 0 bridgehead atoms. The molecule has 15 heavy (non-hydrogen) atoms. The van der Waals surface area contributed by atoms with Crippen LogP contribution in [0.5, 0.6) is 0 Å². The number of nitrogens with zero attached hydrogens (tertiary/aromatic N) is 1. The Kier molecular flexibility index (Phi) is 3.65. The van der Waals surface area contributed by atoms with Gasteiger partial charge < -0.3 is 5.73 Å². The quantitative estimate of drug-likeness (QED) is 0.836. The van der Waals surface area contributed by atoms with Crippen LogP contribution in [0.2, 0.25) is 0 Å². The fourth-order valence-corrected chi connectivity index (χ4v) is 2.59. The Labute approximate surface area is 99.6 Å². The highest BCUT2D eigenvalue weighted by Gasteiger charge is 2.13. The van der Waals surface area contributed by atoms with E-state index in [1.807, 2.05) is 12.1 Å². The maximum atomic E-state index is 5.98. The van der Waals surface area contributed by atoms with Gasteiger partial charge in [-0.1, -0.05) is 28.4 Å². The zero-order valence-corrected chi connectivity index (χ0v) is 10.5. The Morgan fingerprint density at radius 3 is 2.60 bits per heavy atom. The smallest absolute Gasteiger partial charge is 0.0371 e. The largest absolute Gasteiger partial charge is 0.398 e. The Morgan fingerprint density at radius 2 is 1.93 bits per heavy atom. The second-order valence-corrected chi connectivity index (χ2v) is 5.00. The monoisotopic (exact) mass is 268 g/mol. The predicted molar refractivity (Wildman–Crippen MR) is 67.7 cm³/mol. The molecule has 82 valence electrons. The zero-order chi connectivity index (χ0) is 10.7. The van der Waals surface area contributed by atoms with Crippen molar-refractivity contribution in [3.8, 4) is 0 Å². The number of hydrogen-bond acceptors (Lipinski definition) is 2. The molecule has 2 nitrogen and oxygen atoms in total. The molecule has 0 atom stereocenters. The molecule has 0 unspecified atom stereocenters. The molecule has 1 heterocycles. The van der Waals surface area contributed by atoms with Crippen molar-refractivity contribution in [2.75, 3.05) is 18.8 Å². The van der Waals surface area contributed by atoms with Crippen molar-refractivity contribution in [1.82, 2.24) is 4.90 Å². The van der Waals surface area contributed by atoms with Gasteiger partial charge in [0.2, 0.25) is 0 Å². The van der Waals surface area contributed by atoms with Gasteiger partial charge in [0.25, 0.3) is 0 Å². The molecule has 0 aromatic heterocycles. The van der Waals surface area contributed by atoms with Gasteiger partial charge in [0.15, 0.2) is 0 Å². The van der Waals surface area contributed by atoms with Crippen molar-refractivity contribution in [3.05, 3.63) is 28.2 Å². The van der Waals surface area contributed by atoms with Crippen LogP contribution in [0.1, 0.15) is 24.8 Å². The summed E-state index contributed by atoms with van der Waals surface area (Å²) < 4.78 is 1.13. The average molecular weight is 269 g/mol. The van der Waals surface area contributed by atoms with E-state index in [4.69, 9.17) is 5.73 Å². The fraction of sp³-hybridized carbons (Fsp3) is 0.500. The second-order valence-electron chi connectivity index (χ2n) is 4.14. The molecular weight excluding hydrogens is 252 g/mol. The van der Waals surface area contributed by atoms with Gasteiger partial charge in [-0.25, -0.2) is 0 Å². The van der Waals surface area contributed by atoms with Gasteiger partial charge in [0.05, 0.1) is 0 Å². The van der Waals surface area contributed by atoms with Gasteiger partial charge in [-0.15, -0.1) is 0 Å². The first kappa shape index (κ1) is 11.0. The van der Waals surface area contributed by atoms with Crippen LogP contribution in [0.25, 0.3) is 0 Å². The van der Waals surface area contributed by atoms with Crippen LogP contribution in [-0.2, 0) is 6.54 Å². The number of nitrogens with two attached hydrogens (primary N) is 1. The van der Waals surface area contributed by atoms with Gasteiger partial charge in [0.1, 0.15) is 0 Å². The van der Waals surface area contributed by atoms with Crippen molar-refractivity contribution in [2.45, 2.75) is 25.8 Å².